The molecule has 0 radical (unpaired) electrons. The highest BCUT2D eigenvalue weighted by atomic mass is 16.1. The fourth-order valence-electron chi connectivity index (χ4n) is 2.28. The van der Waals surface area contributed by atoms with Crippen LogP contribution in [-0.2, 0) is 12.8 Å². The number of hydrogen-bond donors (Lipinski definition) is 2. The predicted octanol–water partition coefficient (Wildman–Crippen LogP) is 1.51. The molecule has 0 aliphatic heterocycles. The van der Waals surface area contributed by atoms with Crippen LogP contribution in [0.2, 0.25) is 0 Å². The van der Waals surface area contributed by atoms with Gasteiger partial charge in [0.15, 0.2) is 0 Å². The molecule has 92 valence electrons. The third-order valence-electron chi connectivity index (χ3n) is 3.27. The summed E-state index contributed by atoms with van der Waals surface area (Å²) in [6.45, 7) is 1.48. The molecule has 3 heteroatoms. The van der Waals surface area contributed by atoms with Crippen LogP contribution in [0.4, 0.5) is 0 Å². The second-order valence-electron chi connectivity index (χ2n) is 4.55. The van der Waals surface area contributed by atoms with Gasteiger partial charge in [-0.25, -0.2) is 0 Å². The summed E-state index contributed by atoms with van der Waals surface area (Å²) in [6, 6.07) is 6.11. The molecule has 1 amide bonds. The first-order chi connectivity index (χ1) is 8.31. The van der Waals surface area contributed by atoms with Crippen molar-refractivity contribution in [2.24, 2.45) is 0 Å². The number of benzene rings is 1. The molecule has 0 fully saturated rings. The van der Waals surface area contributed by atoms with E-state index in [0.29, 0.717) is 6.54 Å². The molecule has 0 spiro atoms. The van der Waals surface area contributed by atoms with Gasteiger partial charge in [-0.2, -0.15) is 0 Å². The highest BCUT2D eigenvalue weighted by Gasteiger charge is 2.12. The van der Waals surface area contributed by atoms with E-state index in [4.69, 9.17) is 0 Å². The van der Waals surface area contributed by atoms with Crippen LogP contribution in [0.25, 0.3) is 0 Å². The molecule has 0 atom stereocenters. The van der Waals surface area contributed by atoms with E-state index >= 15 is 0 Å². The van der Waals surface area contributed by atoms with Crippen LogP contribution < -0.4 is 10.6 Å². The minimum absolute atomic E-state index is 0.0358. The lowest BCUT2D eigenvalue weighted by Crippen LogP contribution is -2.30. The summed E-state index contributed by atoms with van der Waals surface area (Å²) in [4.78, 5) is 11.9. The Morgan fingerprint density at radius 1 is 1.18 bits per heavy atom. The topological polar surface area (TPSA) is 41.1 Å². The Hall–Kier alpha value is -1.35. The summed E-state index contributed by atoms with van der Waals surface area (Å²) in [5.74, 6) is 0.0358. The van der Waals surface area contributed by atoms with Gasteiger partial charge in [0.1, 0.15) is 0 Å². The fourth-order valence-corrected chi connectivity index (χ4v) is 2.28. The average Bonchev–Trinajstić information content (AvgIpc) is 2.38. The molecule has 0 saturated heterocycles. The van der Waals surface area contributed by atoms with Gasteiger partial charge in [-0.1, -0.05) is 6.07 Å². The van der Waals surface area contributed by atoms with E-state index in [2.05, 4.69) is 22.8 Å². The Labute approximate surface area is 103 Å². The lowest BCUT2D eigenvalue weighted by atomic mass is 9.90. The van der Waals surface area contributed by atoms with Crippen LogP contribution in [0.5, 0.6) is 0 Å². The second-order valence-corrected chi connectivity index (χ2v) is 4.55. The Bertz CT molecular complexity index is 401. The van der Waals surface area contributed by atoms with E-state index in [1.807, 2.05) is 13.1 Å². The van der Waals surface area contributed by atoms with Crippen LogP contribution in [0.15, 0.2) is 18.2 Å². The molecule has 1 aliphatic carbocycles. The second kappa shape index (κ2) is 5.82. The van der Waals surface area contributed by atoms with Gasteiger partial charge in [-0.05, 0) is 56.0 Å². The summed E-state index contributed by atoms with van der Waals surface area (Å²) in [5, 5.41) is 5.91. The van der Waals surface area contributed by atoms with Crippen molar-refractivity contribution in [3.63, 3.8) is 0 Å². The Morgan fingerprint density at radius 2 is 1.94 bits per heavy atom. The summed E-state index contributed by atoms with van der Waals surface area (Å²) >= 11 is 0. The first-order valence-electron chi connectivity index (χ1n) is 6.36. The van der Waals surface area contributed by atoms with Crippen molar-refractivity contribution in [1.82, 2.24) is 10.6 Å². The molecule has 3 nitrogen and oxygen atoms in total. The molecule has 2 N–H and O–H groups in total. The van der Waals surface area contributed by atoms with E-state index in [-0.39, 0.29) is 5.91 Å². The molecule has 0 bridgehead atoms. The van der Waals surface area contributed by atoms with Crippen molar-refractivity contribution in [2.75, 3.05) is 20.1 Å². The molecule has 0 heterocycles. The van der Waals surface area contributed by atoms with E-state index in [1.54, 1.807) is 0 Å². The maximum atomic E-state index is 11.9. The largest absolute Gasteiger partial charge is 0.351 e. The minimum Gasteiger partial charge on any atom is -0.351 e. The van der Waals surface area contributed by atoms with Gasteiger partial charge in [0.05, 0.1) is 0 Å². The third-order valence-corrected chi connectivity index (χ3v) is 3.27. The predicted molar refractivity (Wildman–Crippen MR) is 69.3 cm³/mol. The number of nitrogens with one attached hydrogen (secondary N) is 2. The molecule has 1 aromatic carbocycles. The highest BCUT2D eigenvalue weighted by Crippen LogP contribution is 2.22. The molecule has 0 unspecified atom stereocenters. The zero-order valence-corrected chi connectivity index (χ0v) is 10.4. The van der Waals surface area contributed by atoms with E-state index in [1.165, 1.54) is 24.0 Å². The number of rotatable bonds is 4. The third kappa shape index (κ3) is 3.07. The zero-order valence-electron chi connectivity index (χ0n) is 10.4. The number of aryl methyl sites for hydroxylation is 2. The van der Waals surface area contributed by atoms with Gasteiger partial charge in [-0.3, -0.25) is 4.79 Å². The van der Waals surface area contributed by atoms with E-state index in [0.717, 1.165) is 24.9 Å². The van der Waals surface area contributed by atoms with Crippen LogP contribution in [-0.4, -0.2) is 26.0 Å². The van der Waals surface area contributed by atoms with E-state index in [9.17, 15) is 4.79 Å². The van der Waals surface area contributed by atoms with Gasteiger partial charge in [0.2, 0.25) is 0 Å². The van der Waals surface area contributed by atoms with Gasteiger partial charge in [-0.15, -0.1) is 0 Å². The van der Waals surface area contributed by atoms with Crippen LogP contribution >= 0.6 is 0 Å². The van der Waals surface area contributed by atoms with Crippen molar-refractivity contribution in [2.45, 2.75) is 25.7 Å². The quantitative estimate of drug-likeness (QED) is 0.773. The first kappa shape index (κ1) is 12.1. The summed E-state index contributed by atoms with van der Waals surface area (Å²) < 4.78 is 0. The molecule has 2 rings (SSSR count). The van der Waals surface area contributed by atoms with Crippen LogP contribution in [0.1, 0.15) is 34.3 Å². The average molecular weight is 232 g/mol. The Morgan fingerprint density at radius 3 is 2.71 bits per heavy atom. The molecule has 0 saturated carbocycles. The smallest absolute Gasteiger partial charge is 0.251 e. The number of amides is 1. The van der Waals surface area contributed by atoms with Crippen LogP contribution in [0.3, 0.4) is 0 Å². The monoisotopic (exact) mass is 232 g/mol. The molecule has 17 heavy (non-hydrogen) atoms. The SMILES string of the molecule is CNCCNC(=O)c1ccc2c(c1)CCCC2. The first-order valence-corrected chi connectivity index (χ1v) is 6.36. The van der Waals surface area contributed by atoms with Gasteiger partial charge in [0.25, 0.3) is 5.91 Å². The number of fused-ring (bicyclic) bond motifs is 1. The van der Waals surface area contributed by atoms with Crippen molar-refractivity contribution in [3.8, 4) is 0 Å². The Kier molecular flexibility index (Phi) is 4.15. The maximum Gasteiger partial charge on any atom is 0.251 e. The molecule has 0 aromatic heterocycles. The number of carbonyl (C=O) groups excluding carboxylic acids is 1. The van der Waals surface area contributed by atoms with Crippen molar-refractivity contribution in [1.29, 1.82) is 0 Å². The highest BCUT2D eigenvalue weighted by molar-refractivity contribution is 5.94. The van der Waals surface area contributed by atoms with Crippen molar-refractivity contribution >= 4 is 5.91 Å². The molecular formula is C14H20N2O. The summed E-state index contributed by atoms with van der Waals surface area (Å²) in [7, 11) is 1.88. The van der Waals surface area contributed by atoms with Gasteiger partial charge in [0, 0.05) is 18.7 Å². The maximum absolute atomic E-state index is 11.9. The summed E-state index contributed by atoms with van der Waals surface area (Å²) in [6.07, 6.45) is 4.81. The fraction of sp³-hybridized carbons (Fsp3) is 0.500. The number of carbonyl (C=O) groups is 1. The van der Waals surface area contributed by atoms with Crippen LogP contribution in [0, 0.1) is 0 Å². The van der Waals surface area contributed by atoms with Crippen molar-refractivity contribution in [3.05, 3.63) is 34.9 Å². The Balaban J connectivity index is 2.03. The normalized spacial score (nSPS) is 14.2. The van der Waals surface area contributed by atoms with Gasteiger partial charge < -0.3 is 10.6 Å². The van der Waals surface area contributed by atoms with Crippen molar-refractivity contribution < 1.29 is 4.79 Å². The molecular weight excluding hydrogens is 212 g/mol. The van der Waals surface area contributed by atoms with Gasteiger partial charge >= 0.3 is 0 Å². The lowest BCUT2D eigenvalue weighted by Gasteiger charge is -2.16. The minimum atomic E-state index is 0.0358. The zero-order chi connectivity index (χ0) is 12.1. The molecule has 1 aliphatic rings. The van der Waals surface area contributed by atoms with E-state index < -0.39 is 0 Å². The lowest BCUT2D eigenvalue weighted by molar-refractivity contribution is 0.0954. The number of likely N-dealkylation sites (N-methyl/N-ethyl adjacent to an activating group) is 1. The summed E-state index contributed by atoms with van der Waals surface area (Å²) in [5.41, 5.74) is 3.57. The number of hydrogen-bond acceptors (Lipinski definition) is 2. The molecule has 1 aromatic rings. The standard InChI is InChI=1S/C14H20N2O/c1-15-8-9-16-14(17)13-7-6-11-4-2-3-5-12(11)10-13/h6-7,10,15H,2-5,8-9H2,1H3,(H,16,17).